The van der Waals surface area contributed by atoms with E-state index in [9.17, 15) is 4.79 Å². The van der Waals surface area contributed by atoms with Gasteiger partial charge < -0.3 is 14.8 Å². The SMILES string of the molecule is CCC1(C(=O)NC(C)C(OC)OC)CCCC1. The number of carbonyl (C=O) groups excluding carboxylic acids is 1. The van der Waals surface area contributed by atoms with Crippen LogP contribution in [0.5, 0.6) is 0 Å². The van der Waals surface area contributed by atoms with Crippen LogP contribution in [-0.4, -0.2) is 32.5 Å². The molecule has 0 aromatic rings. The van der Waals surface area contributed by atoms with Crippen LogP contribution in [0, 0.1) is 5.41 Å². The Hall–Kier alpha value is -0.610. The largest absolute Gasteiger partial charge is 0.354 e. The maximum Gasteiger partial charge on any atom is 0.226 e. The van der Waals surface area contributed by atoms with Gasteiger partial charge >= 0.3 is 0 Å². The average Bonchev–Trinajstić information content (AvgIpc) is 2.80. The first-order chi connectivity index (χ1) is 8.09. The highest BCUT2D eigenvalue weighted by Crippen LogP contribution is 2.41. The Morgan fingerprint density at radius 1 is 1.29 bits per heavy atom. The van der Waals surface area contributed by atoms with Gasteiger partial charge in [0.1, 0.15) is 0 Å². The smallest absolute Gasteiger partial charge is 0.226 e. The highest BCUT2D eigenvalue weighted by Gasteiger charge is 2.40. The molecule has 4 heteroatoms. The van der Waals surface area contributed by atoms with Crippen molar-refractivity contribution >= 4 is 5.91 Å². The van der Waals surface area contributed by atoms with Crippen LogP contribution < -0.4 is 5.32 Å². The molecule has 0 saturated heterocycles. The standard InChI is InChI=1S/C13H25NO3/c1-5-13(8-6-7-9-13)12(15)14-10(2)11(16-3)17-4/h10-11H,5-9H2,1-4H3,(H,14,15). The Labute approximate surface area is 104 Å². The highest BCUT2D eigenvalue weighted by atomic mass is 16.7. The van der Waals surface area contributed by atoms with Gasteiger partial charge in [-0.1, -0.05) is 19.8 Å². The maximum atomic E-state index is 12.3. The van der Waals surface area contributed by atoms with Crippen molar-refractivity contribution < 1.29 is 14.3 Å². The second-order valence-electron chi connectivity index (χ2n) is 4.94. The lowest BCUT2D eigenvalue weighted by atomic mass is 9.82. The highest BCUT2D eigenvalue weighted by molar-refractivity contribution is 5.83. The van der Waals surface area contributed by atoms with Gasteiger partial charge in [-0.25, -0.2) is 0 Å². The number of amides is 1. The van der Waals surface area contributed by atoms with Crippen molar-refractivity contribution in [3.63, 3.8) is 0 Å². The Kier molecular flexibility index (Phi) is 5.40. The van der Waals surface area contributed by atoms with Crippen LogP contribution in [0.4, 0.5) is 0 Å². The van der Waals surface area contributed by atoms with Crippen molar-refractivity contribution in [3.05, 3.63) is 0 Å². The molecule has 1 unspecified atom stereocenters. The van der Waals surface area contributed by atoms with Crippen molar-refractivity contribution in [1.29, 1.82) is 0 Å². The Morgan fingerprint density at radius 2 is 1.82 bits per heavy atom. The van der Waals surface area contributed by atoms with Gasteiger partial charge in [-0.05, 0) is 26.2 Å². The van der Waals surface area contributed by atoms with E-state index in [4.69, 9.17) is 9.47 Å². The second-order valence-corrected chi connectivity index (χ2v) is 4.94. The molecular formula is C13H25NO3. The summed E-state index contributed by atoms with van der Waals surface area (Å²) >= 11 is 0. The first-order valence-electron chi connectivity index (χ1n) is 6.46. The van der Waals surface area contributed by atoms with Gasteiger partial charge in [0.2, 0.25) is 5.91 Å². The fraction of sp³-hybridized carbons (Fsp3) is 0.923. The van der Waals surface area contributed by atoms with Crippen LogP contribution in [0.15, 0.2) is 0 Å². The lowest BCUT2D eigenvalue weighted by Gasteiger charge is -2.30. The minimum atomic E-state index is -0.380. The molecule has 1 atom stereocenters. The number of carbonyl (C=O) groups is 1. The molecule has 0 bridgehead atoms. The van der Waals surface area contributed by atoms with Crippen LogP contribution in [0.3, 0.4) is 0 Å². The maximum absolute atomic E-state index is 12.3. The number of hydrogen-bond acceptors (Lipinski definition) is 3. The van der Waals surface area contributed by atoms with Crippen LogP contribution in [0.25, 0.3) is 0 Å². The topological polar surface area (TPSA) is 47.6 Å². The van der Waals surface area contributed by atoms with E-state index < -0.39 is 0 Å². The number of rotatable bonds is 6. The molecular weight excluding hydrogens is 218 g/mol. The quantitative estimate of drug-likeness (QED) is 0.727. The van der Waals surface area contributed by atoms with Crippen molar-refractivity contribution in [2.24, 2.45) is 5.41 Å². The molecule has 0 radical (unpaired) electrons. The summed E-state index contributed by atoms with van der Waals surface area (Å²) in [6.07, 6.45) is 4.87. The summed E-state index contributed by atoms with van der Waals surface area (Å²) < 4.78 is 10.3. The normalized spacial score (nSPS) is 20.5. The minimum absolute atomic E-state index is 0.124. The van der Waals surface area contributed by atoms with Crippen molar-refractivity contribution in [2.45, 2.75) is 58.3 Å². The zero-order valence-corrected chi connectivity index (χ0v) is 11.4. The molecule has 1 aliphatic carbocycles. The van der Waals surface area contributed by atoms with Crippen LogP contribution >= 0.6 is 0 Å². The summed E-state index contributed by atoms with van der Waals surface area (Å²) in [6.45, 7) is 4.01. The van der Waals surface area contributed by atoms with Gasteiger partial charge in [0.05, 0.1) is 6.04 Å². The zero-order valence-electron chi connectivity index (χ0n) is 11.4. The average molecular weight is 243 g/mol. The van der Waals surface area contributed by atoms with Gasteiger partial charge in [0.15, 0.2) is 6.29 Å². The van der Waals surface area contributed by atoms with E-state index in [0.717, 1.165) is 32.1 Å². The Morgan fingerprint density at radius 3 is 2.24 bits per heavy atom. The van der Waals surface area contributed by atoms with E-state index in [-0.39, 0.29) is 23.7 Å². The molecule has 0 spiro atoms. The van der Waals surface area contributed by atoms with Crippen molar-refractivity contribution in [3.8, 4) is 0 Å². The van der Waals surface area contributed by atoms with Crippen LogP contribution in [-0.2, 0) is 14.3 Å². The molecule has 4 nitrogen and oxygen atoms in total. The molecule has 0 aromatic carbocycles. The van der Waals surface area contributed by atoms with Crippen molar-refractivity contribution in [1.82, 2.24) is 5.32 Å². The van der Waals surface area contributed by atoms with E-state index in [1.807, 2.05) is 6.92 Å². The third kappa shape index (κ3) is 3.19. The molecule has 17 heavy (non-hydrogen) atoms. The van der Waals surface area contributed by atoms with E-state index in [1.165, 1.54) is 0 Å². The third-order valence-electron chi connectivity index (χ3n) is 3.95. The van der Waals surface area contributed by atoms with Crippen LogP contribution in [0.1, 0.15) is 46.0 Å². The minimum Gasteiger partial charge on any atom is -0.354 e. The molecule has 100 valence electrons. The summed E-state index contributed by atoms with van der Waals surface area (Å²) in [6, 6.07) is -0.124. The lowest BCUT2D eigenvalue weighted by Crippen LogP contribution is -2.48. The number of ether oxygens (including phenoxy) is 2. The van der Waals surface area contributed by atoms with Crippen LogP contribution in [0.2, 0.25) is 0 Å². The molecule has 1 amide bonds. The molecule has 0 aliphatic heterocycles. The van der Waals surface area contributed by atoms with Gasteiger partial charge in [-0.15, -0.1) is 0 Å². The first kappa shape index (κ1) is 14.5. The van der Waals surface area contributed by atoms with Gasteiger partial charge in [0.25, 0.3) is 0 Å². The lowest BCUT2D eigenvalue weighted by molar-refractivity contribution is -0.143. The van der Waals surface area contributed by atoms with E-state index in [2.05, 4.69) is 12.2 Å². The molecule has 1 fully saturated rings. The predicted molar refractivity (Wildman–Crippen MR) is 66.6 cm³/mol. The number of methoxy groups -OCH3 is 2. The van der Waals surface area contributed by atoms with Crippen molar-refractivity contribution in [2.75, 3.05) is 14.2 Å². The molecule has 1 aliphatic rings. The molecule has 1 saturated carbocycles. The fourth-order valence-electron chi connectivity index (χ4n) is 2.73. The van der Waals surface area contributed by atoms with E-state index >= 15 is 0 Å². The Balaban J connectivity index is 2.58. The zero-order chi connectivity index (χ0) is 12.9. The fourth-order valence-corrected chi connectivity index (χ4v) is 2.73. The Bertz CT molecular complexity index is 245. The van der Waals surface area contributed by atoms with Gasteiger partial charge in [-0.2, -0.15) is 0 Å². The summed E-state index contributed by atoms with van der Waals surface area (Å²) in [5.74, 6) is 0.157. The number of hydrogen-bond donors (Lipinski definition) is 1. The molecule has 0 aromatic heterocycles. The first-order valence-corrected chi connectivity index (χ1v) is 6.46. The van der Waals surface area contributed by atoms with Gasteiger partial charge in [0, 0.05) is 19.6 Å². The van der Waals surface area contributed by atoms with Gasteiger partial charge in [-0.3, -0.25) is 4.79 Å². The van der Waals surface area contributed by atoms with E-state index in [1.54, 1.807) is 14.2 Å². The summed E-state index contributed by atoms with van der Waals surface area (Å²) in [5, 5.41) is 3.03. The monoisotopic (exact) mass is 243 g/mol. The second kappa shape index (κ2) is 6.36. The summed E-state index contributed by atoms with van der Waals surface area (Å²) in [4.78, 5) is 12.3. The summed E-state index contributed by atoms with van der Waals surface area (Å²) in [5.41, 5.74) is -0.152. The molecule has 1 N–H and O–H groups in total. The molecule has 1 rings (SSSR count). The predicted octanol–water partition coefficient (Wildman–Crippen LogP) is 2.08. The summed E-state index contributed by atoms with van der Waals surface area (Å²) in [7, 11) is 3.17. The van der Waals surface area contributed by atoms with E-state index in [0.29, 0.717) is 0 Å². The third-order valence-corrected chi connectivity index (χ3v) is 3.95. The number of nitrogens with one attached hydrogen (secondary N) is 1. The molecule has 0 heterocycles.